The first-order chi connectivity index (χ1) is 13.2. The fourth-order valence-electron chi connectivity index (χ4n) is 2.61. The molecule has 1 heterocycles. The first-order valence-corrected chi connectivity index (χ1v) is 9.26. The first kappa shape index (κ1) is 20.3. The molecule has 0 saturated carbocycles. The minimum Gasteiger partial charge on any atom is -0.490 e. The molecule has 2 rings (SSSR count). The molecule has 0 fully saturated rings. The van der Waals surface area contributed by atoms with Crippen LogP contribution in [0.25, 0.3) is 0 Å². The van der Waals surface area contributed by atoms with Crippen LogP contribution < -0.4 is 14.9 Å². The summed E-state index contributed by atoms with van der Waals surface area (Å²) in [6, 6.07) is 7.60. The van der Waals surface area contributed by atoms with Crippen LogP contribution in [0.1, 0.15) is 63.6 Å². The summed E-state index contributed by atoms with van der Waals surface area (Å²) < 4.78 is 16.9. The summed E-state index contributed by atoms with van der Waals surface area (Å²) in [6.45, 7) is 9.09. The Kier molecular flexibility index (Phi) is 7.68. The predicted octanol–water partition coefficient (Wildman–Crippen LogP) is 4.69. The van der Waals surface area contributed by atoms with E-state index in [1.807, 2.05) is 38.1 Å². The van der Waals surface area contributed by atoms with Crippen LogP contribution in [0.15, 0.2) is 27.7 Å². The lowest BCUT2D eigenvalue weighted by atomic mass is 10.0. The van der Waals surface area contributed by atoms with Crippen molar-refractivity contribution in [3.63, 3.8) is 0 Å². The Labute approximate surface area is 160 Å². The topological polar surface area (TPSA) is 92.7 Å². The Hall–Kier alpha value is -3.01. The smallest absolute Gasteiger partial charge is 0.252 e. The fraction of sp³-hybridized carbons (Fsp3) is 0.450. The Bertz CT molecular complexity index is 804. The van der Waals surface area contributed by atoms with Gasteiger partial charge in [0.15, 0.2) is 11.5 Å². The lowest BCUT2D eigenvalue weighted by Crippen LogP contribution is -1.99. The zero-order chi connectivity index (χ0) is 19.6. The third-order valence-corrected chi connectivity index (χ3v) is 4.03. The van der Waals surface area contributed by atoms with E-state index in [1.54, 1.807) is 6.21 Å². The molecule has 0 bridgehead atoms. The van der Waals surface area contributed by atoms with Crippen molar-refractivity contribution in [2.45, 2.75) is 46.5 Å². The van der Waals surface area contributed by atoms with Gasteiger partial charge in [-0.3, -0.25) is 0 Å². The van der Waals surface area contributed by atoms with E-state index in [9.17, 15) is 5.26 Å². The second-order valence-corrected chi connectivity index (χ2v) is 5.80. The van der Waals surface area contributed by atoms with Gasteiger partial charge in [0.25, 0.3) is 5.88 Å². The Morgan fingerprint density at radius 3 is 2.52 bits per heavy atom. The molecule has 0 aliphatic heterocycles. The third-order valence-electron chi connectivity index (χ3n) is 4.03. The number of hydrogen-bond acceptors (Lipinski definition) is 7. The quantitative estimate of drug-likeness (QED) is 0.481. The van der Waals surface area contributed by atoms with Crippen LogP contribution in [0.3, 0.4) is 0 Å². The van der Waals surface area contributed by atoms with E-state index in [-0.39, 0.29) is 17.5 Å². The van der Waals surface area contributed by atoms with Gasteiger partial charge in [-0.15, -0.1) is 0 Å². The molecule has 0 aliphatic carbocycles. The van der Waals surface area contributed by atoms with E-state index in [4.69, 9.17) is 13.9 Å². The molecule has 144 valence electrons. The minimum absolute atomic E-state index is 0.191. The van der Waals surface area contributed by atoms with E-state index in [0.717, 1.165) is 18.4 Å². The van der Waals surface area contributed by atoms with E-state index in [2.05, 4.69) is 29.4 Å². The molecule has 7 nitrogen and oxygen atoms in total. The molecule has 27 heavy (non-hydrogen) atoms. The van der Waals surface area contributed by atoms with Crippen molar-refractivity contribution in [1.29, 1.82) is 5.26 Å². The number of nitriles is 1. The van der Waals surface area contributed by atoms with E-state index >= 15 is 0 Å². The third kappa shape index (κ3) is 5.23. The summed E-state index contributed by atoms with van der Waals surface area (Å²) >= 11 is 0. The highest BCUT2D eigenvalue weighted by Crippen LogP contribution is 2.29. The van der Waals surface area contributed by atoms with Gasteiger partial charge in [-0.1, -0.05) is 13.8 Å². The normalized spacial score (nSPS) is 11.0. The van der Waals surface area contributed by atoms with Crippen LogP contribution in [-0.4, -0.2) is 24.4 Å². The molecule has 7 heteroatoms. The maximum Gasteiger partial charge on any atom is 0.252 e. The second kappa shape index (κ2) is 10.2. The van der Waals surface area contributed by atoms with Crippen LogP contribution in [0.4, 0.5) is 5.88 Å². The Morgan fingerprint density at radius 1 is 1.19 bits per heavy atom. The van der Waals surface area contributed by atoms with Crippen molar-refractivity contribution in [1.82, 2.24) is 4.98 Å². The highest BCUT2D eigenvalue weighted by molar-refractivity contribution is 5.81. The lowest BCUT2D eigenvalue weighted by molar-refractivity contribution is 0.288. The van der Waals surface area contributed by atoms with Gasteiger partial charge in [-0.25, -0.2) is 10.4 Å². The first-order valence-electron chi connectivity index (χ1n) is 9.26. The molecule has 0 spiro atoms. The number of nitrogens with zero attached hydrogens (tertiary/aromatic N) is 3. The van der Waals surface area contributed by atoms with Gasteiger partial charge in [-0.2, -0.15) is 10.4 Å². The highest BCUT2D eigenvalue weighted by atomic mass is 16.5. The largest absolute Gasteiger partial charge is 0.490 e. The standard InChI is InChI=1S/C20H26N4O3/c1-5-15(6-2)19-23-16(12-21)20(27-19)24-22-13-14-9-10-17(25-7-3)18(11-14)26-8-4/h9-11,13,15,24H,5-8H2,1-4H3. The predicted molar refractivity (Wildman–Crippen MR) is 105 cm³/mol. The number of hydrogen-bond donors (Lipinski definition) is 1. The summed E-state index contributed by atoms with van der Waals surface area (Å²) in [5.41, 5.74) is 3.80. The molecule has 2 aromatic rings. The second-order valence-electron chi connectivity index (χ2n) is 5.80. The summed E-state index contributed by atoms with van der Waals surface area (Å²) in [5.74, 6) is 2.37. The van der Waals surface area contributed by atoms with E-state index in [0.29, 0.717) is 30.6 Å². The molecule has 0 radical (unpaired) electrons. The SMILES string of the molecule is CCOc1ccc(C=NNc2oc(C(CC)CC)nc2C#N)cc1OCC. The summed E-state index contributed by atoms with van der Waals surface area (Å²) in [5, 5.41) is 13.4. The number of benzene rings is 1. The van der Waals surface area contributed by atoms with Crippen molar-refractivity contribution in [2.75, 3.05) is 18.6 Å². The average molecular weight is 370 g/mol. The molecular weight excluding hydrogens is 344 g/mol. The molecule has 0 unspecified atom stereocenters. The van der Waals surface area contributed by atoms with Crippen molar-refractivity contribution in [3.8, 4) is 17.6 Å². The van der Waals surface area contributed by atoms with Crippen molar-refractivity contribution in [2.24, 2.45) is 5.10 Å². The van der Waals surface area contributed by atoms with Gasteiger partial charge in [0.1, 0.15) is 6.07 Å². The van der Waals surface area contributed by atoms with E-state index in [1.165, 1.54) is 0 Å². The fourth-order valence-corrected chi connectivity index (χ4v) is 2.61. The molecule has 0 aliphatic rings. The van der Waals surface area contributed by atoms with Gasteiger partial charge in [0.2, 0.25) is 11.6 Å². The monoisotopic (exact) mass is 370 g/mol. The van der Waals surface area contributed by atoms with Gasteiger partial charge < -0.3 is 13.9 Å². The highest BCUT2D eigenvalue weighted by Gasteiger charge is 2.18. The number of oxazole rings is 1. The minimum atomic E-state index is 0.191. The van der Waals surface area contributed by atoms with Crippen LogP contribution >= 0.6 is 0 Å². The number of hydrazone groups is 1. The van der Waals surface area contributed by atoms with Gasteiger partial charge in [-0.05, 0) is 50.5 Å². The maximum absolute atomic E-state index is 9.26. The average Bonchev–Trinajstić information content (AvgIpc) is 3.08. The molecule has 0 amide bonds. The van der Waals surface area contributed by atoms with E-state index < -0.39 is 0 Å². The molecule has 0 saturated heterocycles. The number of nitrogens with one attached hydrogen (secondary N) is 1. The number of anilines is 1. The van der Waals surface area contributed by atoms with Gasteiger partial charge >= 0.3 is 0 Å². The summed E-state index contributed by atoms with van der Waals surface area (Å²) in [4.78, 5) is 4.27. The number of ether oxygens (including phenoxy) is 2. The maximum atomic E-state index is 9.26. The molecule has 1 aromatic heterocycles. The number of rotatable bonds is 10. The Balaban J connectivity index is 2.15. The lowest BCUT2D eigenvalue weighted by Gasteiger charge is -2.11. The van der Waals surface area contributed by atoms with Crippen molar-refractivity contribution < 1.29 is 13.9 Å². The number of aromatic nitrogens is 1. The van der Waals surface area contributed by atoms with Crippen LogP contribution in [-0.2, 0) is 0 Å². The zero-order valence-electron chi connectivity index (χ0n) is 16.3. The Morgan fingerprint density at radius 2 is 1.89 bits per heavy atom. The van der Waals surface area contributed by atoms with Gasteiger partial charge in [0.05, 0.1) is 19.4 Å². The summed E-state index contributed by atoms with van der Waals surface area (Å²) in [6.07, 6.45) is 3.42. The van der Waals surface area contributed by atoms with Crippen LogP contribution in [0.5, 0.6) is 11.5 Å². The van der Waals surface area contributed by atoms with Gasteiger partial charge in [0, 0.05) is 5.92 Å². The molecule has 0 atom stereocenters. The van der Waals surface area contributed by atoms with Crippen molar-refractivity contribution >= 4 is 12.1 Å². The van der Waals surface area contributed by atoms with Crippen LogP contribution in [0.2, 0.25) is 0 Å². The van der Waals surface area contributed by atoms with Crippen molar-refractivity contribution in [3.05, 3.63) is 35.3 Å². The van der Waals surface area contributed by atoms with Crippen LogP contribution in [0, 0.1) is 11.3 Å². The zero-order valence-corrected chi connectivity index (χ0v) is 16.3. The molecule has 1 N–H and O–H groups in total. The summed E-state index contributed by atoms with van der Waals surface area (Å²) in [7, 11) is 0. The molecule has 1 aromatic carbocycles. The molecular formula is C20H26N4O3.